The van der Waals surface area contributed by atoms with E-state index in [1.807, 2.05) is 0 Å². The molecule has 0 bridgehead atoms. The number of hydrogen-bond donors (Lipinski definition) is 1. The first-order chi connectivity index (χ1) is 12.3. The monoisotopic (exact) mass is 371 g/mol. The van der Waals surface area contributed by atoms with E-state index in [0.29, 0.717) is 22.0 Å². The van der Waals surface area contributed by atoms with Gasteiger partial charge in [-0.2, -0.15) is 4.99 Å². The molecule has 1 aliphatic heterocycles. The number of amidine groups is 1. The van der Waals surface area contributed by atoms with E-state index in [2.05, 4.69) is 10.3 Å². The first-order valence-electron chi connectivity index (χ1n) is 7.49. The van der Waals surface area contributed by atoms with Gasteiger partial charge in [-0.25, -0.2) is 0 Å². The standard InChI is InChI=1S/C17H13N3O5S/c1-9-7-11(20(23)24)3-5-13(9)14-6-4-12(25-14)8-15-16(22)19-17(26-15)18-10(2)21/h3-8H,1-2H3,(H,18,19,21,22). The molecule has 1 aromatic carbocycles. The Morgan fingerprint density at radius 1 is 1.35 bits per heavy atom. The number of non-ortho nitro benzene ring substituents is 1. The van der Waals surface area contributed by atoms with Gasteiger partial charge in [-0.3, -0.25) is 19.7 Å². The number of rotatable bonds is 3. The van der Waals surface area contributed by atoms with Gasteiger partial charge in [0.1, 0.15) is 11.5 Å². The summed E-state index contributed by atoms with van der Waals surface area (Å²) in [6.07, 6.45) is 1.54. The van der Waals surface area contributed by atoms with E-state index in [1.54, 1.807) is 25.1 Å². The van der Waals surface area contributed by atoms with E-state index in [9.17, 15) is 19.7 Å². The van der Waals surface area contributed by atoms with Crippen LogP contribution in [0.3, 0.4) is 0 Å². The second-order valence-electron chi connectivity index (χ2n) is 5.47. The minimum absolute atomic E-state index is 0.00995. The van der Waals surface area contributed by atoms with Gasteiger partial charge in [-0.1, -0.05) is 0 Å². The number of aryl methyl sites for hydroxylation is 1. The zero-order chi connectivity index (χ0) is 18.8. The summed E-state index contributed by atoms with van der Waals surface area (Å²) in [6.45, 7) is 3.09. The summed E-state index contributed by atoms with van der Waals surface area (Å²) in [7, 11) is 0. The van der Waals surface area contributed by atoms with Crippen molar-refractivity contribution in [2.24, 2.45) is 4.99 Å². The molecule has 1 N–H and O–H groups in total. The smallest absolute Gasteiger partial charge is 0.286 e. The Kier molecular flexibility index (Phi) is 4.72. The van der Waals surface area contributed by atoms with Crippen molar-refractivity contribution < 1.29 is 18.9 Å². The summed E-state index contributed by atoms with van der Waals surface area (Å²) >= 11 is 1.05. The van der Waals surface area contributed by atoms with Crippen LogP contribution in [0, 0.1) is 17.0 Å². The highest BCUT2D eigenvalue weighted by Crippen LogP contribution is 2.31. The number of nitrogens with one attached hydrogen (secondary N) is 1. The molecular formula is C17H13N3O5S. The highest BCUT2D eigenvalue weighted by Gasteiger charge is 2.23. The molecule has 0 unspecified atom stereocenters. The van der Waals surface area contributed by atoms with Gasteiger partial charge in [-0.05, 0) is 42.4 Å². The molecule has 0 spiro atoms. The van der Waals surface area contributed by atoms with E-state index in [0.717, 1.165) is 17.3 Å². The van der Waals surface area contributed by atoms with Crippen molar-refractivity contribution in [2.75, 3.05) is 0 Å². The van der Waals surface area contributed by atoms with Gasteiger partial charge in [0.2, 0.25) is 5.91 Å². The van der Waals surface area contributed by atoms with Crippen LogP contribution in [0.15, 0.2) is 44.6 Å². The van der Waals surface area contributed by atoms with Crippen LogP contribution in [-0.2, 0) is 9.59 Å². The predicted octanol–water partition coefficient (Wildman–Crippen LogP) is 3.27. The van der Waals surface area contributed by atoms with Gasteiger partial charge in [0.05, 0.1) is 9.83 Å². The molecule has 0 fully saturated rings. The SMILES string of the molecule is CC(=O)NC1=NC(=O)C(=Cc2ccc(-c3ccc([N+](=O)[O-])cc3C)o2)S1. The maximum atomic E-state index is 11.9. The zero-order valence-electron chi connectivity index (χ0n) is 13.8. The highest BCUT2D eigenvalue weighted by atomic mass is 32.2. The molecule has 26 heavy (non-hydrogen) atoms. The second-order valence-corrected chi connectivity index (χ2v) is 6.50. The molecule has 0 radical (unpaired) electrons. The number of hydrogen-bond acceptors (Lipinski definition) is 6. The highest BCUT2D eigenvalue weighted by molar-refractivity contribution is 8.18. The van der Waals surface area contributed by atoms with Crippen molar-refractivity contribution in [3.05, 3.63) is 56.7 Å². The van der Waals surface area contributed by atoms with E-state index in [1.165, 1.54) is 25.1 Å². The van der Waals surface area contributed by atoms with Gasteiger partial charge in [-0.15, -0.1) is 0 Å². The molecule has 3 rings (SSSR count). The summed E-state index contributed by atoms with van der Waals surface area (Å²) in [6, 6.07) is 7.91. The third kappa shape index (κ3) is 3.72. The largest absolute Gasteiger partial charge is 0.457 e. The third-order valence-corrected chi connectivity index (χ3v) is 4.39. The normalized spacial score (nSPS) is 15.2. The number of thioether (sulfide) groups is 1. The molecular weight excluding hydrogens is 358 g/mol. The molecule has 0 saturated carbocycles. The number of benzene rings is 1. The van der Waals surface area contributed by atoms with Crippen molar-refractivity contribution >= 4 is 40.5 Å². The fraction of sp³-hybridized carbons (Fsp3) is 0.118. The number of carbonyl (C=O) groups is 2. The Balaban J connectivity index is 1.82. The van der Waals surface area contributed by atoms with Crippen molar-refractivity contribution in [1.29, 1.82) is 0 Å². The molecule has 2 aromatic rings. The fourth-order valence-electron chi connectivity index (χ4n) is 2.36. The average molecular weight is 371 g/mol. The molecule has 9 heteroatoms. The maximum absolute atomic E-state index is 11.9. The average Bonchev–Trinajstić information content (AvgIpc) is 3.14. The maximum Gasteiger partial charge on any atom is 0.286 e. The first kappa shape index (κ1) is 17.6. The van der Waals surface area contributed by atoms with E-state index in [4.69, 9.17) is 4.42 Å². The van der Waals surface area contributed by atoms with E-state index < -0.39 is 10.8 Å². The summed E-state index contributed by atoms with van der Waals surface area (Å²) < 4.78 is 5.73. The number of nitrogens with zero attached hydrogens (tertiary/aromatic N) is 2. The lowest BCUT2D eigenvalue weighted by Gasteiger charge is -2.02. The molecule has 8 nitrogen and oxygen atoms in total. The van der Waals surface area contributed by atoms with Gasteiger partial charge < -0.3 is 9.73 Å². The summed E-state index contributed by atoms with van der Waals surface area (Å²) in [5.41, 5.74) is 1.44. The summed E-state index contributed by atoms with van der Waals surface area (Å²) in [4.78, 5) is 37.3. The minimum atomic E-state index is -0.455. The van der Waals surface area contributed by atoms with E-state index in [-0.39, 0.29) is 16.8 Å². The minimum Gasteiger partial charge on any atom is -0.457 e. The topological polar surface area (TPSA) is 115 Å². The van der Waals surface area contributed by atoms with Crippen LogP contribution in [0.1, 0.15) is 18.2 Å². The van der Waals surface area contributed by atoms with E-state index >= 15 is 0 Å². The molecule has 2 heterocycles. The lowest BCUT2D eigenvalue weighted by Crippen LogP contribution is -2.23. The van der Waals surface area contributed by atoms with Crippen molar-refractivity contribution in [2.45, 2.75) is 13.8 Å². The lowest BCUT2D eigenvalue weighted by atomic mass is 10.1. The number of aliphatic imine (C=N–C) groups is 1. The van der Waals surface area contributed by atoms with Crippen LogP contribution in [0.25, 0.3) is 17.4 Å². The number of furan rings is 1. The molecule has 2 amide bonds. The van der Waals surface area contributed by atoms with Crippen molar-refractivity contribution in [1.82, 2.24) is 5.32 Å². The summed E-state index contributed by atoms with van der Waals surface area (Å²) in [5.74, 6) is 0.207. The number of nitro groups is 1. The Bertz CT molecular complexity index is 990. The molecule has 1 aromatic heterocycles. The number of amides is 2. The third-order valence-electron chi connectivity index (χ3n) is 3.49. The van der Waals surface area contributed by atoms with Crippen LogP contribution in [0.5, 0.6) is 0 Å². The quantitative estimate of drug-likeness (QED) is 0.503. The number of nitro benzene ring substituents is 1. The first-order valence-corrected chi connectivity index (χ1v) is 8.30. The molecule has 0 atom stereocenters. The summed E-state index contributed by atoms with van der Waals surface area (Å²) in [5, 5.41) is 13.5. The van der Waals surface area contributed by atoms with Gasteiger partial charge in [0.25, 0.3) is 11.6 Å². The number of carbonyl (C=O) groups excluding carboxylic acids is 2. The molecule has 0 aliphatic carbocycles. The van der Waals surface area contributed by atoms with Crippen LogP contribution in [0.4, 0.5) is 5.69 Å². The Hall–Kier alpha value is -3.20. The van der Waals surface area contributed by atoms with Crippen LogP contribution >= 0.6 is 11.8 Å². The fourth-order valence-corrected chi connectivity index (χ4v) is 3.20. The molecule has 132 valence electrons. The molecule has 0 saturated heterocycles. The zero-order valence-corrected chi connectivity index (χ0v) is 14.6. The second kappa shape index (κ2) is 6.96. The van der Waals surface area contributed by atoms with Gasteiger partial charge >= 0.3 is 0 Å². The Labute approximate surface area is 152 Å². The predicted molar refractivity (Wildman–Crippen MR) is 97.4 cm³/mol. The van der Waals surface area contributed by atoms with Gasteiger partial charge in [0, 0.05) is 30.7 Å². The van der Waals surface area contributed by atoms with Crippen molar-refractivity contribution in [3.63, 3.8) is 0 Å². The lowest BCUT2D eigenvalue weighted by molar-refractivity contribution is -0.384. The van der Waals surface area contributed by atoms with Crippen LogP contribution in [-0.4, -0.2) is 21.9 Å². The van der Waals surface area contributed by atoms with Gasteiger partial charge in [0.15, 0.2) is 5.17 Å². The Morgan fingerprint density at radius 3 is 2.77 bits per heavy atom. The van der Waals surface area contributed by atoms with Crippen molar-refractivity contribution in [3.8, 4) is 11.3 Å². The Morgan fingerprint density at radius 2 is 2.12 bits per heavy atom. The molecule has 1 aliphatic rings. The van der Waals surface area contributed by atoms with Crippen LogP contribution in [0.2, 0.25) is 0 Å². The van der Waals surface area contributed by atoms with Crippen LogP contribution < -0.4 is 5.32 Å².